The number of nitrogens with zero attached hydrogens (tertiary/aromatic N) is 3. The first-order valence-corrected chi connectivity index (χ1v) is 8.38. The van der Waals surface area contributed by atoms with Crippen LogP contribution in [0.25, 0.3) is 0 Å². The maximum atomic E-state index is 12.9. The van der Waals surface area contributed by atoms with E-state index in [4.69, 9.17) is 0 Å². The van der Waals surface area contributed by atoms with Gasteiger partial charge in [-0.2, -0.15) is 0 Å². The van der Waals surface area contributed by atoms with Crippen LogP contribution < -0.4 is 5.32 Å². The van der Waals surface area contributed by atoms with Gasteiger partial charge in [-0.15, -0.1) is 11.3 Å². The fourth-order valence-electron chi connectivity index (χ4n) is 2.31. The first kappa shape index (κ1) is 16.3. The Labute approximate surface area is 143 Å². The Morgan fingerprint density at radius 3 is 2.83 bits per heavy atom. The molecular formula is C17H17FN4OS. The van der Waals surface area contributed by atoms with Gasteiger partial charge in [0.1, 0.15) is 10.7 Å². The number of imidazole rings is 1. The van der Waals surface area contributed by atoms with Crippen molar-refractivity contribution >= 4 is 17.2 Å². The summed E-state index contributed by atoms with van der Waals surface area (Å²) in [6.45, 7) is 3.03. The lowest BCUT2D eigenvalue weighted by Crippen LogP contribution is -2.26. The predicted molar refractivity (Wildman–Crippen MR) is 90.6 cm³/mol. The van der Waals surface area contributed by atoms with E-state index in [0.29, 0.717) is 24.4 Å². The highest BCUT2D eigenvalue weighted by Gasteiger charge is 2.15. The average molecular weight is 344 g/mol. The lowest BCUT2D eigenvalue weighted by molar-refractivity contribution is 0.0955. The molecule has 0 bridgehead atoms. The van der Waals surface area contributed by atoms with Crippen molar-refractivity contribution < 1.29 is 9.18 Å². The summed E-state index contributed by atoms with van der Waals surface area (Å²) in [5, 5.41) is 3.74. The molecule has 124 valence electrons. The first-order chi connectivity index (χ1) is 11.6. The lowest BCUT2D eigenvalue weighted by Gasteiger charge is -2.04. The van der Waals surface area contributed by atoms with Crippen LogP contribution in [-0.2, 0) is 13.0 Å². The van der Waals surface area contributed by atoms with E-state index in [1.807, 2.05) is 17.7 Å². The third-order valence-electron chi connectivity index (χ3n) is 3.53. The number of carbonyl (C=O) groups excluding carboxylic acids is 1. The van der Waals surface area contributed by atoms with E-state index in [1.165, 1.54) is 23.5 Å². The van der Waals surface area contributed by atoms with E-state index in [2.05, 4.69) is 15.3 Å². The van der Waals surface area contributed by atoms with E-state index in [-0.39, 0.29) is 11.7 Å². The van der Waals surface area contributed by atoms with Gasteiger partial charge in [-0.05, 0) is 24.6 Å². The van der Waals surface area contributed by atoms with E-state index in [1.54, 1.807) is 24.7 Å². The molecule has 0 atom stereocenters. The minimum atomic E-state index is -0.257. The van der Waals surface area contributed by atoms with Crippen molar-refractivity contribution in [2.24, 2.45) is 0 Å². The van der Waals surface area contributed by atoms with E-state index in [9.17, 15) is 9.18 Å². The molecule has 0 aliphatic rings. The topological polar surface area (TPSA) is 59.8 Å². The van der Waals surface area contributed by atoms with Crippen molar-refractivity contribution in [2.45, 2.75) is 19.9 Å². The number of benzene rings is 1. The Balaban J connectivity index is 1.60. The second kappa shape index (κ2) is 7.35. The molecule has 0 aliphatic carbocycles. The molecule has 0 fully saturated rings. The van der Waals surface area contributed by atoms with Crippen LogP contribution in [0, 0.1) is 12.7 Å². The molecule has 1 N–H and O–H groups in total. The van der Waals surface area contributed by atoms with Gasteiger partial charge in [-0.25, -0.2) is 14.4 Å². The largest absolute Gasteiger partial charge is 0.349 e. The normalized spacial score (nSPS) is 10.8. The molecule has 0 unspecified atom stereocenters. The molecule has 3 aromatic rings. The Hall–Kier alpha value is -2.54. The smallest absolute Gasteiger partial charge is 0.263 e. The zero-order chi connectivity index (χ0) is 16.9. The first-order valence-electron chi connectivity index (χ1n) is 7.56. The van der Waals surface area contributed by atoms with Crippen molar-refractivity contribution in [3.63, 3.8) is 0 Å². The number of hydrogen-bond donors (Lipinski definition) is 1. The highest BCUT2D eigenvalue weighted by Crippen LogP contribution is 2.21. The summed E-state index contributed by atoms with van der Waals surface area (Å²) in [7, 11) is 0. The maximum Gasteiger partial charge on any atom is 0.263 e. The van der Waals surface area contributed by atoms with Crippen molar-refractivity contribution in [3.8, 4) is 0 Å². The van der Waals surface area contributed by atoms with Crippen molar-refractivity contribution in [1.29, 1.82) is 0 Å². The molecule has 24 heavy (non-hydrogen) atoms. The molecular weight excluding hydrogens is 327 g/mol. The molecule has 5 nitrogen and oxygen atoms in total. The summed E-state index contributed by atoms with van der Waals surface area (Å²) in [5.74, 6) is -0.373. The molecule has 0 saturated carbocycles. The SMILES string of the molecule is Cc1nc(Cc2ccc(F)cc2)sc1C(=O)NCCn1ccnc1. The van der Waals surface area contributed by atoms with Crippen LogP contribution in [0.1, 0.15) is 25.9 Å². The van der Waals surface area contributed by atoms with Gasteiger partial charge < -0.3 is 9.88 Å². The monoisotopic (exact) mass is 344 g/mol. The minimum Gasteiger partial charge on any atom is -0.349 e. The molecule has 3 rings (SSSR count). The molecule has 1 aromatic carbocycles. The number of rotatable bonds is 6. The average Bonchev–Trinajstić information content (AvgIpc) is 3.19. The van der Waals surface area contributed by atoms with Gasteiger partial charge in [0.25, 0.3) is 5.91 Å². The van der Waals surface area contributed by atoms with Crippen LogP contribution in [0.2, 0.25) is 0 Å². The highest BCUT2D eigenvalue weighted by molar-refractivity contribution is 7.13. The summed E-state index contributed by atoms with van der Waals surface area (Å²) in [4.78, 5) is 21.3. The summed E-state index contributed by atoms with van der Waals surface area (Å²) >= 11 is 1.38. The molecule has 0 aliphatic heterocycles. The van der Waals surface area contributed by atoms with Gasteiger partial charge in [0, 0.05) is 31.9 Å². The molecule has 2 heterocycles. The van der Waals surface area contributed by atoms with Gasteiger partial charge in [-0.3, -0.25) is 4.79 Å². The fourth-order valence-corrected chi connectivity index (χ4v) is 3.33. The van der Waals surface area contributed by atoms with E-state index >= 15 is 0 Å². The number of carbonyl (C=O) groups is 1. The lowest BCUT2D eigenvalue weighted by atomic mass is 10.1. The third-order valence-corrected chi connectivity index (χ3v) is 4.69. The molecule has 0 saturated heterocycles. The third kappa shape index (κ3) is 4.05. The Morgan fingerprint density at radius 1 is 1.33 bits per heavy atom. The Kier molecular flexibility index (Phi) is 5.00. The molecule has 1 amide bonds. The maximum absolute atomic E-state index is 12.9. The van der Waals surface area contributed by atoms with Crippen molar-refractivity contribution in [2.75, 3.05) is 6.54 Å². The van der Waals surface area contributed by atoms with Crippen LogP contribution in [0.5, 0.6) is 0 Å². The number of amides is 1. The zero-order valence-electron chi connectivity index (χ0n) is 13.2. The van der Waals surface area contributed by atoms with Crippen LogP contribution in [0.15, 0.2) is 43.0 Å². The predicted octanol–water partition coefficient (Wildman–Crippen LogP) is 2.81. The second-order valence-electron chi connectivity index (χ2n) is 5.38. The Bertz CT molecular complexity index is 812. The number of halogens is 1. The van der Waals surface area contributed by atoms with E-state index in [0.717, 1.165) is 16.3 Å². The fraction of sp³-hybridized carbons (Fsp3) is 0.235. The van der Waals surface area contributed by atoms with Gasteiger partial charge in [-0.1, -0.05) is 12.1 Å². The van der Waals surface area contributed by atoms with Gasteiger partial charge >= 0.3 is 0 Å². The second-order valence-corrected chi connectivity index (χ2v) is 6.47. The van der Waals surface area contributed by atoms with Crippen LogP contribution in [0.4, 0.5) is 4.39 Å². The van der Waals surface area contributed by atoms with Crippen LogP contribution in [-0.4, -0.2) is 27.0 Å². The summed E-state index contributed by atoms with van der Waals surface area (Å²) < 4.78 is 14.9. The number of aromatic nitrogens is 3. The minimum absolute atomic E-state index is 0.115. The molecule has 7 heteroatoms. The number of thiazole rings is 1. The van der Waals surface area contributed by atoms with Gasteiger partial charge in [0.2, 0.25) is 0 Å². The number of aryl methyl sites for hydroxylation is 1. The van der Waals surface area contributed by atoms with Crippen LogP contribution in [0.3, 0.4) is 0 Å². The standard InChI is InChI=1S/C17H17FN4OS/c1-12-16(17(23)20-7-9-22-8-6-19-11-22)24-15(21-12)10-13-2-4-14(18)5-3-13/h2-6,8,11H,7,9-10H2,1H3,(H,20,23). The summed E-state index contributed by atoms with van der Waals surface area (Å²) in [5.41, 5.74) is 1.69. The zero-order valence-corrected chi connectivity index (χ0v) is 14.0. The molecule has 0 spiro atoms. The summed E-state index contributed by atoms with van der Waals surface area (Å²) in [6.07, 6.45) is 5.86. The van der Waals surface area contributed by atoms with Crippen molar-refractivity contribution in [1.82, 2.24) is 19.9 Å². The van der Waals surface area contributed by atoms with Crippen molar-refractivity contribution in [3.05, 3.63) is 69.9 Å². The number of nitrogens with one attached hydrogen (secondary N) is 1. The molecule has 2 aromatic heterocycles. The highest BCUT2D eigenvalue weighted by atomic mass is 32.1. The Morgan fingerprint density at radius 2 is 2.12 bits per heavy atom. The van der Waals surface area contributed by atoms with Gasteiger partial charge in [0.15, 0.2) is 0 Å². The van der Waals surface area contributed by atoms with Crippen LogP contribution >= 0.6 is 11.3 Å². The number of hydrogen-bond acceptors (Lipinski definition) is 4. The van der Waals surface area contributed by atoms with E-state index < -0.39 is 0 Å². The summed E-state index contributed by atoms with van der Waals surface area (Å²) in [6, 6.07) is 6.33. The quantitative estimate of drug-likeness (QED) is 0.748. The molecule has 0 radical (unpaired) electrons. The van der Waals surface area contributed by atoms with Gasteiger partial charge in [0.05, 0.1) is 17.0 Å².